The van der Waals surface area contributed by atoms with Crippen molar-refractivity contribution in [1.29, 1.82) is 0 Å². The number of carbonyl (C=O) groups is 2. The molecule has 0 unspecified atom stereocenters. The van der Waals surface area contributed by atoms with E-state index in [1.807, 2.05) is 0 Å². The molecule has 2 N–H and O–H groups in total. The molecule has 0 radical (unpaired) electrons. The molecular formula is C8H11N3O3. The molecule has 0 aliphatic heterocycles. The SMILES string of the molecule is CCOC(=O)CNC(=O)c1cnc[nH]1. The van der Waals surface area contributed by atoms with Crippen LogP contribution in [0.4, 0.5) is 0 Å². The van der Waals surface area contributed by atoms with Crippen LogP contribution in [-0.2, 0) is 9.53 Å². The number of rotatable bonds is 4. The summed E-state index contributed by atoms with van der Waals surface area (Å²) in [7, 11) is 0. The minimum Gasteiger partial charge on any atom is -0.465 e. The average molecular weight is 197 g/mol. The minimum absolute atomic E-state index is 0.133. The van der Waals surface area contributed by atoms with E-state index in [-0.39, 0.29) is 12.5 Å². The molecule has 0 spiro atoms. The molecule has 0 aliphatic carbocycles. The molecule has 0 aliphatic rings. The zero-order valence-corrected chi connectivity index (χ0v) is 7.74. The highest BCUT2D eigenvalue weighted by atomic mass is 16.5. The molecular weight excluding hydrogens is 186 g/mol. The number of nitrogens with one attached hydrogen (secondary N) is 2. The van der Waals surface area contributed by atoms with E-state index in [9.17, 15) is 9.59 Å². The number of esters is 1. The molecule has 1 rings (SSSR count). The predicted molar refractivity (Wildman–Crippen MR) is 47.6 cm³/mol. The summed E-state index contributed by atoms with van der Waals surface area (Å²) in [5.74, 6) is -0.837. The Labute approximate surface area is 80.7 Å². The van der Waals surface area contributed by atoms with Crippen LogP contribution in [0, 0.1) is 0 Å². The van der Waals surface area contributed by atoms with Gasteiger partial charge < -0.3 is 15.0 Å². The van der Waals surface area contributed by atoms with Gasteiger partial charge in [-0.15, -0.1) is 0 Å². The molecule has 6 nitrogen and oxygen atoms in total. The van der Waals surface area contributed by atoms with Crippen molar-refractivity contribution < 1.29 is 14.3 Å². The van der Waals surface area contributed by atoms with Crippen LogP contribution in [0.1, 0.15) is 17.4 Å². The Bertz CT molecular complexity index is 308. The fraction of sp³-hybridized carbons (Fsp3) is 0.375. The van der Waals surface area contributed by atoms with Crippen molar-refractivity contribution in [3.63, 3.8) is 0 Å². The number of H-pyrrole nitrogens is 1. The summed E-state index contributed by atoms with van der Waals surface area (Å²) >= 11 is 0. The van der Waals surface area contributed by atoms with Crippen LogP contribution in [0.3, 0.4) is 0 Å². The number of ether oxygens (including phenoxy) is 1. The van der Waals surface area contributed by atoms with Gasteiger partial charge in [0.2, 0.25) is 0 Å². The maximum Gasteiger partial charge on any atom is 0.325 e. The minimum atomic E-state index is -0.458. The third-order valence-corrected chi connectivity index (χ3v) is 1.44. The first-order chi connectivity index (χ1) is 6.74. The molecule has 1 aromatic heterocycles. The summed E-state index contributed by atoms with van der Waals surface area (Å²) < 4.78 is 4.63. The highest BCUT2D eigenvalue weighted by Crippen LogP contribution is 1.89. The second-order valence-corrected chi connectivity index (χ2v) is 2.45. The highest BCUT2D eigenvalue weighted by molar-refractivity contribution is 5.93. The van der Waals surface area contributed by atoms with Crippen LogP contribution >= 0.6 is 0 Å². The van der Waals surface area contributed by atoms with E-state index in [4.69, 9.17) is 0 Å². The van der Waals surface area contributed by atoms with Crippen LogP contribution in [0.25, 0.3) is 0 Å². The Kier molecular flexibility index (Phi) is 3.66. The van der Waals surface area contributed by atoms with Crippen molar-refractivity contribution in [2.45, 2.75) is 6.92 Å². The second-order valence-electron chi connectivity index (χ2n) is 2.45. The van der Waals surface area contributed by atoms with Gasteiger partial charge in [0.05, 0.1) is 19.1 Å². The number of aromatic amines is 1. The number of nitrogens with zero attached hydrogens (tertiary/aromatic N) is 1. The fourth-order valence-corrected chi connectivity index (χ4v) is 0.840. The number of carbonyl (C=O) groups excluding carboxylic acids is 2. The van der Waals surface area contributed by atoms with E-state index < -0.39 is 5.97 Å². The molecule has 1 amide bonds. The van der Waals surface area contributed by atoms with Gasteiger partial charge in [-0.25, -0.2) is 4.98 Å². The van der Waals surface area contributed by atoms with Crippen molar-refractivity contribution in [1.82, 2.24) is 15.3 Å². The average Bonchev–Trinajstić information content (AvgIpc) is 2.67. The molecule has 0 bridgehead atoms. The first kappa shape index (κ1) is 10.2. The fourth-order valence-electron chi connectivity index (χ4n) is 0.840. The van der Waals surface area contributed by atoms with E-state index >= 15 is 0 Å². The number of aromatic nitrogens is 2. The van der Waals surface area contributed by atoms with Gasteiger partial charge in [0.25, 0.3) is 5.91 Å². The Morgan fingerprint density at radius 1 is 1.64 bits per heavy atom. The first-order valence-electron chi connectivity index (χ1n) is 4.16. The van der Waals surface area contributed by atoms with Gasteiger partial charge in [-0.05, 0) is 6.92 Å². The lowest BCUT2D eigenvalue weighted by molar-refractivity contribution is -0.141. The maximum absolute atomic E-state index is 11.2. The van der Waals surface area contributed by atoms with Crippen LogP contribution in [0.15, 0.2) is 12.5 Å². The zero-order chi connectivity index (χ0) is 10.4. The van der Waals surface area contributed by atoms with Crippen LogP contribution in [-0.4, -0.2) is 35.0 Å². The Balaban J connectivity index is 2.32. The van der Waals surface area contributed by atoms with E-state index in [0.29, 0.717) is 12.3 Å². The molecule has 1 heterocycles. The lowest BCUT2D eigenvalue weighted by Gasteiger charge is -2.02. The summed E-state index contributed by atoms with van der Waals surface area (Å²) in [5, 5.41) is 2.38. The Hall–Kier alpha value is -1.85. The molecule has 14 heavy (non-hydrogen) atoms. The van der Waals surface area contributed by atoms with E-state index in [1.54, 1.807) is 6.92 Å². The summed E-state index contributed by atoms with van der Waals surface area (Å²) in [6.07, 6.45) is 2.76. The van der Waals surface area contributed by atoms with Gasteiger partial charge in [0.1, 0.15) is 12.2 Å². The van der Waals surface area contributed by atoms with Crippen molar-refractivity contribution in [2.24, 2.45) is 0 Å². The van der Waals surface area contributed by atoms with E-state index in [1.165, 1.54) is 12.5 Å². The molecule has 6 heteroatoms. The Morgan fingerprint density at radius 2 is 2.43 bits per heavy atom. The quantitative estimate of drug-likeness (QED) is 0.649. The molecule has 0 saturated carbocycles. The largest absolute Gasteiger partial charge is 0.465 e. The lowest BCUT2D eigenvalue weighted by atomic mass is 10.4. The molecule has 0 atom stereocenters. The maximum atomic E-state index is 11.2. The third kappa shape index (κ3) is 2.89. The third-order valence-electron chi connectivity index (χ3n) is 1.44. The predicted octanol–water partition coefficient (Wildman–Crippen LogP) is -0.297. The standard InChI is InChI=1S/C8H11N3O3/c1-2-14-7(12)4-10-8(13)6-3-9-5-11-6/h3,5H,2,4H2,1H3,(H,9,11)(H,10,13). The van der Waals surface area contributed by atoms with Crippen molar-refractivity contribution in [3.8, 4) is 0 Å². The van der Waals surface area contributed by atoms with Crippen molar-refractivity contribution in [3.05, 3.63) is 18.2 Å². The van der Waals surface area contributed by atoms with Gasteiger partial charge in [0.15, 0.2) is 0 Å². The molecule has 0 fully saturated rings. The lowest BCUT2D eigenvalue weighted by Crippen LogP contribution is -2.30. The van der Waals surface area contributed by atoms with Gasteiger partial charge in [-0.1, -0.05) is 0 Å². The number of hydrogen-bond acceptors (Lipinski definition) is 4. The summed E-state index contributed by atoms with van der Waals surface area (Å²) in [4.78, 5) is 28.4. The number of hydrogen-bond donors (Lipinski definition) is 2. The van der Waals surface area contributed by atoms with Crippen molar-refractivity contribution in [2.75, 3.05) is 13.2 Å². The summed E-state index contributed by atoms with van der Waals surface area (Å²) in [5.41, 5.74) is 0.314. The molecule has 0 aromatic carbocycles. The molecule has 1 aromatic rings. The smallest absolute Gasteiger partial charge is 0.325 e. The van der Waals surface area contributed by atoms with Crippen LogP contribution in [0.5, 0.6) is 0 Å². The topological polar surface area (TPSA) is 84.1 Å². The second kappa shape index (κ2) is 5.00. The summed E-state index contributed by atoms with van der Waals surface area (Å²) in [6.45, 7) is 1.87. The van der Waals surface area contributed by atoms with E-state index in [0.717, 1.165) is 0 Å². The van der Waals surface area contributed by atoms with Gasteiger partial charge >= 0.3 is 5.97 Å². The van der Waals surface area contributed by atoms with Crippen LogP contribution < -0.4 is 5.32 Å². The number of amides is 1. The van der Waals surface area contributed by atoms with Crippen molar-refractivity contribution >= 4 is 11.9 Å². The van der Waals surface area contributed by atoms with Crippen LogP contribution in [0.2, 0.25) is 0 Å². The summed E-state index contributed by atoms with van der Waals surface area (Å²) in [6, 6.07) is 0. The molecule has 0 saturated heterocycles. The first-order valence-corrected chi connectivity index (χ1v) is 4.16. The highest BCUT2D eigenvalue weighted by Gasteiger charge is 2.08. The van der Waals surface area contributed by atoms with Gasteiger partial charge in [0, 0.05) is 0 Å². The zero-order valence-electron chi connectivity index (χ0n) is 7.74. The number of imidazole rings is 1. The molecule has 76 valence electrons. The Morgan fingerprint density at radius 3 is 3.00 bits per heavy atom. The van der Waals surface area contributed by atoms with Gasteiger partial charge in [-0.3, -0.25) is 9.59 Å². The normalized spacial score (nSPS) is 9.50. The van der Waals surface area contributed by atoms with E-state index in [2.05, 4.69) is 20.0 Å². The van der Waals surface area contributed by atoms with Gasteiger partial charge in [-0.2, -0.15) is 0 Å². The monoisotopic (exact) mass is 197 g/mol.